The predicted molar refractivity (Wildman–Crippen MR) is 112 cm³/mol. The van der Waals surface area contributed by atoms with Gasteiger partial charge in [0, 0.05) is 13.1 Å². The molecule has 192 valence electrons. The fourth-order valence-electron chi connectivity index (χ4n) is 3.63. The normalized spacial score (nSPS) is 26.2. The molecule has 2 aliphatic rings. The molecule has 0 bridgehead atoms. The molecule has 4 N–H and O–H groups in total. The molecule has 14 heteroatoms. The second-order valence-electron chi connectivity index (χ2n) is 8.23. The molecule has 11 nitrogen and oxygen atoms in total. The number of anilines is 1. The lowest BCUT2D eigenvalue weighted by Gasteiger charge is -2.37. The van der Waals surface area contributed by atoms with Gasteiger partial charge in [0.1, 0.15) is 30.7 Å². The van der Waals surface area contributed by atoms with Gasteiger partial charge in [0.2, 0.25) is 5.91 Å². The number of aromatic nitrogens is 2. The third kappa shape index (κ3) is 7.45. The summed E-state index contributed by atoms with van der Waals surface area (Å²) in [6.45, 7) is 4.97. The van der Waals surface area contributed by atoms with Crippen LogP contribution in [0.3, 0.4) is 0 Å². The molecule has 0 radical (unpaired) electrons. The number of nitrogens with two attached hydrogens (primary N) is 1. The zero-order valence-corrected chi connectivity index (χ0v) is 19.0. The summed E-state index contributed by atoms with van der Waals surface area (Å²) in [4.78, 5) is 19.3. The topological polar surface area (TPSA) is 139 Å². The standard InChI is InChI=1S/C20H30F3N5O6/c1-19(2)33-17-12(27-15-9-25-8-14(28-15)20(21,22)23)10-32-13(18(17)34-19)7-26-16(29)11-31-6-5-30-4-3-24/h8-9,12-13,17-18H,3-7,10-11,24H2,1-2H3,(H,26,29)(H,27,28)/t12-,13+,17+,18-/m0/s1. The first kappa shape index (κ1) is 26.5. The molecule has 0 aliphatic carbocycles. The number of carbonyl (C=O) groups excluding carboxylic acids is 1. The molecule has 2 aliphatic heterocycles. The van der Waals surface area contributed by atoms with Crippen molar-refractivity contribution in [1.29, 1.82) is 0 Å². The summed E-state index contributed by atoms with van der Waals surface area (Å²) in [5, 5.41) is 5.64. The Hall–Kier alpha value is -2.10. The Morgan fingerprint density at radius 2 is 1.94 bits per heavy atom. The number of halogens is 3. The van der Waals surface area contributed by atoms with Crippen molar-refractivity contribution in [3.05, 3.63) is 18.1 Å². The fourth-order valence-corrected chi connectivity index (χ4v) is 3.63. The van der Waals surface area contributed by atoms with E-state index in [0.29, 0.717) is 26.0 Å². The molecule has 3 heterocycles. The molecule has 1 aromatic rings. The minimum Gasteiger partial charge on any atom is -0.378 e. The first-order chi connectivity index (χ1) is 16.1. The number of ether oxygens (including phenoxy) is 5. The second kappa shape index (κ2) is 11.6. The maximum absolute atomic E-state index is 13.0. The quantitative estimate of drug-likeness (QED) is 0.369. The molecule has 0 saturated carbocycles. The Morgan fingerprint density at radius 3 is 2.68 bits per heavy atom. The average molecular weight is 493 g/mol. The molecule has 0 spiro atoms. The molecule has 34 heavy (non-hydrogen) atoms. The van der Waals surface area contributed by atoms with Crippen LogP contribution in [0.1, 0.15) is 19.5 Å². The van der Waals surface area contributed by atoms with E-state index in [1.807, 2.05) is 0 Å². The number of rotatable bonds is 11. The van der Waals surface area contributed by atoms with Gasteiger partial charge in [-0.1, -0.05) is 0 Å². The highest BCUT2D eigenvalue weighted by Crippen LogP contribution is 2.36. The van der Waals surface area contributed by atoms with Crippen molar-refractivity contribution in [1.82, 2.24) is 15.3 Å². The van der Waals surface area contributed by atoms with Gasteiger partial charge in [-0.15, -0.1) is 0 Å². The summed E-state index contributed by atoms with van der Waals surface area (Å²) in [5.41, 5.74) is 4.20. The van der Waals surface area contributed by atoms with Crippen LogP contribution in [0.5, 0.6) is 0 Å². The molecule has 0 aromatic carbocycles. The number of amides is 1. The Balaban J connectivity index is 1.53. The SMILES string of the molecule is CC1(C)O[C@@H]2[C@H](O1)[C@@H](Nc1cncc(C(F)(F)F)n1)CO[C@@H]2CNC(=O)COCCOCCN. The first-order valence-electron chi connectivity index (χ1n) is 10.8. The summed E-state index contributed by atoms with van der Waals surface area (Å²) >= 11 is 0. The average Bonchev–Trinajstić information content (AvgIpc) is 3.11. The van der Waals surface area contributed by atoms with Gasteiger partial charge in [0.05, 0.1) is 44.9 Å². The lowest BCUT2D eigenvalue weighted by atomic mass is 9.98. The van der Waals surface area contributed by atoms with E-state index in [1.165, 1.54) is 6.20 Å². The van der Waals surface area contributed by atoms with Gasteiger partial charge in [-0.3, -0.25) is 9.78 Å². The minimum absolute atomic E-state index is 0.0603. The smallest absolute Gasteiger partial charge is 0.378 e. The third-order valence-electron chi connectivity index (χ3n) is 5.04. The molecule has 2 fully saturated rings. The summed E-state index contributed by atoms with van der Waals surface area (Å²) in [5.74, 6) is -1.34. The lowest BCUT2D eigenvalue weighted by Crippen LogP contribution is -2.57. The molecule has 4 atom stereocenters. The monoisotopic (exact) mass is 493 g/mol. The van der Waals surface area contributed by atoms with Crippen molar-refractivity contribution in [3.63, 3.8) is 0 Å². The van der Waals surface area contributed by atoms with Gasteiger partial charge in [-0.25, -0.2) is 4.98 Å². The summed E-state index contributed by atoms with van der Waals surface area (Å²) in [6.07, 6.45) is -4.44. The highest BCUT2D eigenvalue weighted by molar-refractivity contribution is 5.77. The molecular weight excluding hydrogens is 463 g/mol. The number of alkyl halides is 3. The Labute approximate surface area is 194 Å². The van der Waals surface area contributed by atoms with Gasteiger partial charge in [-0.2, -0.15) is 13.2 Å². The number of carbonyl (C=O) groups is 1. The first-order valence-corrected chi connectivity index (χ1v) is 10.8. The van der Waals surface area contributed by atoms with Gasteiger partial charge in [0.15, 0.2) is 11.5 Å². The summed E-state index contributed by atoms with van der Waals surface area (Å²) in [6, 6.07) is -0.548. The molecule has 0 unspecified atom stereocenters. The number of nitrogens with one attached hydrogen (secondary N) is 2. The van der Waals surface area contributed by atoms with Crippen LogP contribution in [0.4, 0.5) is 19.0 Å². The van der Waals surface area contributed by atoms with Gasteiger partial charge in [-0.05, 0) is 13.8 Å². The summed E-state index contributed by atoms with van der Waals surface area (Å²) < 4.78 is 67.1. The Kier molecular flexibility index (Phi) is 9.01. The molecular formula is C20H30F3N5O6. The van der Waals surface area contributed by atoms with E-state index in [0.717, 1.165) is 0 Å². The number of fused-ring (bicyclic) bond motifs is 1. The predicted octanol–water partition coefficient (Wildman–Crippen LogP) is 0.303. The van der Waals surface area contributed by atoms with Crippen LogP contribution in [0, 0.1) is 0 Å². The zero-order valence-electron chi connectivity index (χ0n) is 19.0. The largest absolute Gasteiger partial charge is 0.434 e. The third-order valence-corrected chi connectivity index (χ3v) is 5.04. The van der Waals surface area contributed by atoms with Crippen LogP contribution in [0.25, 0.3) is 0 Å². The minimum atomic E-state index is -4.62. The maximum Gasteiger partial charge on any atom is 0.434 e. The van der Waals surface area contributed by atoms with Crippen LogP contribution < -0.4 is 16.4 Å². The van der Waals surface area contributed by atoms with Gasteiger partial charge in [0.25, 0.3) is 0 Å². The number of hydrogen-bond acceptors (Lipinski definition) is 10. The van der Waals surface area contributed by atoms with Crippen molar-refractivity contribution in [2.24, 2.45) is 5.73 Å². The fraction of sp³-hybridized carbons (Fsp3) is 0.750. The Morgan fingerprint density at radius 1 is 1.21 bits per heavy atom. The van der Waals surface area contributed by atoms with Crippen LogP contribution >= 0.6 is 0 Å². The van der Waals surface area contributed by atoms with E-state index in [9.17, 15) is 18.0 Å². The molecule has 3 rings (SSSR count). The number of hydrogen-bond donors (Lipinski definition) is 3. The van der Waals surface area contributed by atoms with Crippen molar-refractivity contribution >= 4 is 11.7 Å². The van der Waals surface area contributed by atoms with Crippen LogP contribution in [-0.4, -0.2) is 92.1 Å². The van der Waals surface area contributed by atoms with Crippen LogP contribution in [-0.2, 0) is 34.7 Å². The van der Waals surface area contributed by atoms with Crippen molar-refractivity contribution < 1.29 is 41.7 Å². The van der Waals surface area contributed by atoms with Crippen molar-refractivity contribution in [3.8, 4) is 0 Å². The molecule has 2 saturated heterocycles. The highest BCUT2D eigenvalue weighted by Gasteiger charge is 2.52. The Bertz CT molecular complexity index is 815. The van der Waals surface area contributed by atoms with E-state index in [1.54, 1.807) is 13.8 Å². The van der Waals surface area contributed by atoms with E-state index >= 15 is 0 Å². The molecule has 1 aromatic heterocycles. The lowest BCUT2D eigenvalue weighted by molar-refractivity contribution is -0.153. The van der Waals surface area contributed by atoms with Crippen LogP contribution in [0.2, 0.25) is 0 Å². The van der Waals surface area contributed by atoms with E-state index in [4.69, 9.17) is 29.4 Å². The number of nitrogens with zero attached hydrogens (tertiary/aromatic N) is 2. The summed E-state index contributed by atoms with van der Waals surface area (Å²) in [7, 11) is 0. The van der Waals surface area contributed by atoms with Gasteiger partial charge >= 0.3 is 6.18 Å². The maximum atomic E-state index is 13.0. The van der Waals surface area contributed by atoms with E-state index in [-0.39, 0.29) is 38.1 Å². The van der Waals surface area contributed by atoms with Crippen LogP contribution in [0.15, 0.2) is 12.4 Å². The van der Waals surface area contributed by atoms with E-state index < -0.39 is 42.0 Å². The van der Waals surface area contributed by atoms with Crippen molar-refractivity contribution in [2.75, 3.05) is 51.4 Å². The van der Waals surface area contributed by atoms with Gasteiger partial charge < -0.3 is 40.1 Å². The van der Waals surface area contributed by atoms with Crippen molar-refractivity contribution in [2.45, 2.75) is 50.2 Å². The second-order valence-corrected chi connectivity index (χ2v) is 8.23. The molecule has 1 amide bonds. The highest BCUT2D eigenvalue weighted by atomic mass is 19.4. The van der Waals surface area contributed by atoms with E-state index in [2.05, 4.69) is 20.6 Å². The zero-order chi connectivity index (χ0) is 24.8.